The van der Waals surface area contributed by atoms with Gasteiger partial charge < -0.3 is 9.84 Å². The summed E-state index contributed by atoms with van der Waals surface area (Å²) in [7, 11) is 1.38. The average Bonchev–Trinajstić information content (AvgIpc) is 3.33. The zero-order valence-corrected chi connectivity index (χ0v) is 16.6. The van der Waals surface area contributed by atoms with Gasteiger partial charge in [0.05, 0.1) is 24.0 Å². The minimum Gasteiger partial charge on any atom is -0.507 e. The molecule has 0 fully saturated rings. The number of nitrogens with zero attached hydrogens (tertiary/aromatic N) is 3. The van der Waals surface area contributed by atoms with Crippen LogP contribution in [0.3, 0.4) is 0 Å². The molecule has 2 aromatic carbocycles. The number of carbonyl (C=O) groups excluding carboxylic acids is 1. The molecule has 29 heavy (non-hydrogen) atoms. The minimum atomic E-state index is -0.369. The van der Waals surface area contributed by atoms with Crippen molar-refractivity contribution in [1.29, 1.82) is 0 Å². The SMILES string of the molecule is COC(=O)c1c(N=Cc2cc(N=Nc3ccccc3)ccc2O)sc2c1CCC2. The normalized spacial score (nSPS) is 13.3. The predicted molar refractivity (Wildman–Crippen MR) is 114 cm³/mol. The highest BCUT2D eigenvalue weighted by molar-refractivity contribution is 7.16. The van der Waals surface area contributed by atoms with Crippen LogP contribution in [0.25, 0.3) is 0 Å². The maximum Gasteiger partial charge on any atom is 0.341 e. The van der Waals surface area contributed by atoms with Crippen LogP contribution in [0.1, 0.15) is 32.8 Å². The third-order valence-corrected chi connectivity index (χ3v) is 5.86. The molecule has 0 saturated carbocycles. The summed E-state index contributed by atoms with van der Waals surface area (Å²) in [5.41, 5.74) is 3.42. The van der Waals surface area contributed by atoms with Crippen LogP contribution in [0.4, 0.5) is 16.4 Å². The van der Waals surface area contributed by atoms with Crippen molar-refractivity contribution in [2.24, 2.45) is 15.2 Å². The molecule has 146 valence electrons. The Morgan fingerprint density at radius 3 is 2.69 bits per heavy atom. The van der Waals surface area contributed by atoms with Crippen molar-refractivity contribution in [2.45, 2.75) is 19.3 Å². The Bertz CT molecular complexity index is 1100. The van der Waals surface area contributed by atoms with E-state index in [9.17, 15) is 9.90 Å². The Balaban J connectivity index is 1.62. The van der Waals surface area contributed by atoms with E-state index in [2.05, 4.69) is 15.2 Å². The van der Waals surface area contributed by atoms with Crippen LogP contribution in [0.2, 0.25) is 0 Å². The maximum absolute atomic E-state index is 12.2. The molecule has 0 aliphatic heterocycles. The second-order valence-corrected chi connectivity index (χ2v) is 7.65. The van der Waals surface area contributed by atoms with Gasteiger partial charge in [-0.05, 0) is 55.2 Å². The van der Waals surface area contributed by atoms with Gasteiger partial charge in [-0.15, -0.1) is 11.3 Å². The second-order valence-electron chi connectivity index (χ2n) is 6.57. The first-order chi connectivity index (χ1) is 14.2. The summed E-state index contributed by atoms with van der Waals surface area (Å²) < 4.78 is 4.95. The molecule has 6 nitrogen and oxygen atoms in total. The van der Waals surface area contributed by atoms with Gasteiger partial charge >= 0.3 is 5.97 Å². The monoisotopic (exact) mass is 405 g/mol. The van der Waals surface area contributed by atoms with Crippen molar-refractivity contribution in [3.05, 3.63) is 70.1 Å². The Kier molecular flexibility index (Phi) is 5.48. The van der Waals surface area contributed by atoms with Gasteiger partial charge in [0.1, 0.15) is 10.8 Å². The highest BCUT2D eigenvalue weighted by Crippen LogP contribution is 2.41. The number of rotatable bonds is 5. The number of azo groups is 1. The number of hydrogen-bond donors (Lipinski definition) is 1. The van der Waals surface area contributed by atoms with Gasteiger partial charge in [-0.2, -0.15) is 10.2 Å². The third kappa shape index (κ3) is 4.09. The number of phenolic OH excluding ortho intramolecular Hbond substituents is 1. The number of hydrogen-bond acceptors (Lipinski definition) is 7. The van der Waals surface area contributed by atoms with Gasteiger partial charge in [0.2, 0.25) is 0 Å². The van der Waals surface area contributed by atoms with Crippen molar-refractivity contribution >= 4 is 39.9 Å². The lowest BCUT2D eigenvalue weighted by molar-refractivity contribution is 0.0601. The lowest BCUT2D eigenvalue weighted by Gasteiger charge is -2.02. The van der Waals surface area contributed by atoms with Gasteiger partial charge in [0, 0.05) is 16.7 Å². The Morgan fingerprint density at radius 1 is 1.10 bits per heavy atom. The molecular formula is C22H19N3O3S. The van der Waals surface area contributed by atoms with Gasteiger partial charge in [-0.3, -0.25) is 0 Å². The van der Waals surface area contributed by atoms with Crippen LogP contribution < -0.4 is 0 Å². The summed E-state index contributed by atoms with van der Waals surface area (Å²) in [6, 6.07) is 14.3. The van der Waals surface area contributed by atoms with Gasteiger partial charge in [0.25, 0.3) is 0 Å². The maximum atomic E-state index is 12.2. The molecule has 0 amide bonds. The van der Waals surface area contributed by atoms with Crippen LogP contribution in [-0.4, -0.2) is 24.4 Å². The standard InChI is InChI=1S/C22H19N3O3S/c1-28-22(27)20-17-8-5-9-19(17)29-21(20)23-13-14-12-16(10-11-18(14)26)25-24-15-6-3-2-4-7-15/h2-4,6-7,10-13,26H,5,8-9H2,1H3. The summed E-state index contributed by atoms with van der Waals surface area (Å²) in [4.78, 5) is 17.9. The lowest BCUT2D eigenvalue weighted by atomic mass is 10.1. The second kappa shape index (κ2) is 8.36. The number of fused-ring (bicyclic) bond motifs is 1. The number of aliphatic imine (C=N–C) groups is 1. The summed E-state index contributed by atoms with van der Waals surface area (Å²) >= 11 is 1.51. The van der Waals surface area contributed by atoms with Crippen molar-refractivity contribution in [3.8, 4) is 5.75 Å². The van der Waals surface area contributed by atoms with E-state index >= 15 is 0 Å². The minimum absolute atomic E-state index is 0.0797. The molecule has 1 N–H and O–H groups in total. The van der Waals surface area contributed by atoms with Crippen LogP contribution >= 0.6 is 11.3 Å². The third-order valence-electron chi connectivity index (χ3n) is 4.66. The average molecular weight is 405 g/mol. The number of methoxy groups -OCH3 is 1. The number of ether oxygens (including phenoxy) is 1. The van der Waals surface area contributed by atoms with Crippen molar-refractivity contribution in [2.75, 3.05) is 7.11 Å². The first kappa shape index (κ1) is 19.0. The highest BCUT2D eigenvalue weighted by Gasteiger charge is 2.26. The zero-order chi connectivity index (χ0) is 20.2. The molecule has 3 aromatic rings. The fraction of sp³-hybridized carbons (Fsp3) is 0.182. The van der Waals surface area contributed by atoms with E-state index in [0.717, 1.165) is 30.5 Å². The summed E-state index contributed by atoms with van der Waals surface area (Å²) in [6.07, 6.45) is 4.42. The molecule has 4 rings (SSSR count). The van der Waals surface area contributed by atoms with Gasteiger partial charge in [-0.25, -0.2) is 9.79 Å². The zero-order valence-electron chi connectivity index (χ0n) is 15.8. The topological polar surface area (TPSA) is 83.6 Å². The highest BCUT2D eigenvalue weighted by atomic mass is 32.1. The molecule has 1 aromatic heterocycles. The number of phenols is 1. The van der Waals surface area contributed by atoms with Crippen LogP contribution in [0.15, 0.2) is 63.8 Å². The van der Waals surface area contributed by atoms with Gasteiger partial charge in [-0.1, -0.05) is 18.2 Å². The number of thiophene rings is 1. The Hall–Kier alpha value is -3.32. The van der Waals surface area contributed by atoms with E-state index in [1.807, 2.05) is 30.3 Å². The molecule has 0 radical (unpaired) electrons. The quantitative estimate of drug-likeness (QED) is 0.326. The molecule has 1 aliphatic carbocycles. The van der Waals surface area contributed by atoms with E-state index < -0.39 is 0 Å². The first-order valence-electron chi connectivity index (χ1n) is 9.22. The van der Waals surface area contributed by atoms with Crippen molar-refractivity contribution < 1.29 is 14.6 Å². The first-order valence-corrected chi connectivity index (χ1v) is 10.0. The molecule has 1 heterocycles. The smallest absolute Gasteiger partial charge is 0.341 e. The fourth-order valence-corrected chi connectivity index (χ4v) is 4.46. The van der Waals surface area contributed by atoms with E-state index in [4.69, 9.17) is 4.74 Å². The number of benzene rings is 2. The van der Waals surface area contributed by atoms with Gasteiger partial charge in [0.15, 0.2) is 0 Å². The fourth-order valence-electron chi connectivity index (χ4n) is 3.24. The molecule has 0 saturated heterocycles. The predicted octanol–water partition coefficient (Wildman–Crippen LogP) is 5.90. The summed E-state index contributed by atoms with van der Waals surface area (Å²) in [5.74, 6) is -0.290. The molecule has 0 unspecified atom stereocenters. The molecule has 0 atom stereocenters. The molecular weight excluding hydrogens is 386 g/mol. The van der Waals surface area contributed by atoms with E-state index in [1.165, 1.54) is 23.3 Å². The largest absolute Gasteiger partial charge is 0.507 e. The molecule has 1 aliphatic rings. The summed E-state index contributed by atoms with van der Waals surface area (Å²) in [5, 5.41) is 19.2. The van der Waals surface area contributed by atoms with Crippen molar-refractivity contribution in [3.63, 3.8) is 0 Å². The number of aromatic hydroxyl groups is 1. The van der Waals surface area contributed by atoms with Crippen LogP contribution in [0, 0.1) is 0 Å². The Morgan fingerprint density at radius 2 is 1.90 bits per heavy atom. The van der Waals surface area contributed by atoms with Crippen molar-refractivity contribution in [1.82, 2.24) is 0 Å². The number of aryl methyl sites for hydroxylation is 1. The van der Waals surface area contributed by atoms with E-state index in [0.29, 0.717) is 21.8 Å². The molecule has 0 spiro atoms. The summed E-state index contributed by atoms with van der Waals surface area (Å²) in [6.45, 7) is 0. The number of carbonyl (C=O) groups is 1. The van der Waals surface area contributed by atoms with Crippen LogP contribution in [0.5, 0.6) is 5.75 Å². The Labute approximate surface area is 172 Å². The molecule has 0 bridgehead atoms. The molecule has 7 heteroatoms. The number of esters is 1. The van der Waals surface area contributed by atoms with E-state index in [-0.39, 0.29) is 11.7 Å². The lowest BCUT2D eigenvalue weighted by Crippen LogP contribution is -2.03. The van der Waals surface area contributed by atoms with Crippen LogP contribution in [-0.2, 0) is 17.6 Å². The van der Waals surface area contributed by atoms with E-state index in [1.54, 1.807) is 24.4 Å².